The van der Waals surface area contributed by atoms with Crippen LogP contribution < -0.4 is 4.90 Å². The smallest absolute Gasteiger partial charge is 0.0807 e. The molecule has 0 radical (unpaired) electrons. The van der Waals surface area contributed by atoms with Crippen molar-refractivity contribution in [2.24, 2.45) is 0 Å². The number of benzene rings is 1. The van der Waals surface area contributed by atoms with Crippen molar-refractivity contribution in [3.05, 3.63) is 29.8 Å². The molecule has 1 aromatic carbocycles. The lowest BCUT2D eigenvalue weighted by Crippen LogP contribution is -2.27. The first kappa shape index (κ1) is 11.5. The van der Waals surface area contributed by atoms with Gasteiger partial charge in [0.1, 0.15) is 0 Å². The molecule has 0 bridgehead atoms. The molecule has 0 spiro atoms. The zero-order valence-corrected chi connectivity index (χ0v) is 10.2. The third-order valence-corrected chi connectivity index (χ3v) is 3.54. The van der Waals surface area contributed by atoms with E-state index in [-0.39, 0.29) is 6.10 Å². The summed E-state index contributed by atoms with van der Waals surface area (Å²) in [6.45, 7) is 5.41. The van der Waals surface area contributed by atoms with Crippen molar-refractivity contribution in [2.75, 3.05) is 11.4 Å². The fourth-order valence-electron chi connectivity index (χ4n) is 2.54. The SMILES string of the molecule is CC[C@@H](O)c1ccccc1N1CCCC1C. The Morgan fingerprint density at radius 1 is 1.44 bits per heavy atom. The van der Waals surface area contributed by atoms with E-state index in [1.807, 2.05) is 13.0 Å². The van der Waals surface area contributed by atoms with Gasteiger partial charge in [0.25, 0.3) is 0 Å². The largest absolute Gasteiger partial charge is 0.388 e. The minimum absolute atomic E-state index is 0.330. The van der Waals surface area contributed by atoms with Gasteiger partial charge in [0.05, 0.1) is 6.10 Å². The molecule has 0 aliphatic carbocycles. The van der Waals surface area contributed by atoms with E-state index in [0.29, 0.717) is 6.04 Å². The fraction of sp³-hybridized carbons (Fsp3) is 0.571. The Morgan fingerprint density at radius 3 is 2.81 bits per heavy atom. The molecule has 2 nitrogen and oxygen atoms in total. The quantitative estimate of drug-likeness (QED) is 0.844. The van der Waals surface area contributed by atoms with Gasteiger partial charge in [0.2, 0.25) is 0 Å². The molecule has 1 saturated heterocycles. The van der Waals surface area contributed by atoms with Crippen molar-refractivity contribution in [1.29, 1.82) is 0 Å². The summed E-state index contributed by atoms with van der Waals surface area (Å²) in [6, 6.07) is 8.86. The highest BCUT2D eigenvalue weighted by molar-refractivity contribution is 5.56. The summed E-state index contributed by atoms with van der Waals surface area (Å²) in [5.74, 6) is 0. The van der Waals surface area contributed by atoms with Gasteiger partial charge in [0, 0.05) is 23.8 Å². The first-order chi connectivity index (χ1) is 7.74. The number of aliphatic hydroxyl groups is 1. The van der Waals surface area contributed by atoms with Gasteiger partial charge in [-0.15, -0.1) is 0 Å². The summed E-state index contributed by atoms with van der Waals surface area (Å²) in [7, 11) is 0. The first-order valence-corrected chi connectivity index (χ1v) is 6.27. The van der Waals surface area contributed by atoms with E-state index >= 15 is 0 Å². The molecule has 0 saturated carbocycles. The van der Waals surface area contributed by atoms with Crippen molar-refractivity contribution in [1.82, 2.24) is 0 Å². The van der Waals surface area contributed by atoms with Crippen LogP contribution in [0.15, 0.2) is 24.3 Å². The Bertz CT molecular complexity index is 350. The van der Waals surface area contributed by atoms with E-state index in [2.05, 4.69) is 30.0 Å². The van der Waals surface area contributed by atoms with Gasteiger partial charge in [-0.1, -0.05) is 25.1 Å². The van der Waals surface area contributed by atoms with Crippen molar-refractivity contribution in [3.63, 3.8) is 0 Å². The van der Waals surface area contributed by atoms with Gasteiger partial charge >= 0.3 is 0 Å². The summed E-state index contributed by atoms with van der Waals surface area (Å²) in [4.78, 5) is 2.42. The molecule has 1 fully saturated rings. The third kappa shape index (κ3) is 2.07. The number of para-hydroxylation sites is 1. The Morgan fingerprint density at radius 2 is 2.19 bits per heavy atom. The normalized spacial score (nSPS) is 22.4. The predicted molar refractivity (Wildman–Crippen MR) is 67.7 cm³/mol. The highest BCUT2D eigenvalue weighted by atomic mass is 16.3. The highest BCUT2D eigenvalue weighted by Crippen LogP contribution is 2.32. The van der Waals surface area contributed by atoms with Crippen LogP contribution in [0.5, 0.6) is 0 Å². The molecule has 1 N–H and O–H groups in total. The lowest BCUT2D eigenvalue weighted by atomic mass is 10.0. The molecule has 0 aromatic heterocycles. The molecule has 1 heterocycles. The Kier molecular flexibility index (Phi) is 3.49. The van der Waals surface area contributed by atoms with Crippen LogP contribution in [0.1, 0.15) is 44.8 Å². The standard InChI is InChI=1S/C14H21NO/c1-3-14(16)12-8-4-5-9-13(12)15-10-6-7-11(15)2/h4-5,8-9,11,14,16H,3,6-7,10H2,1-2H3/t11?,14-/m1/s1. The van der Waals surface area contributed by atoms with Gasteiger partial charge in [-0.05, 0) is 32.3 Å². The molecular formula is C14H21NO. The fourth-order valence-corrected chi connectivity index (χ4v) is 2.54. The molecule has 2 heteroatoms. The summed E-state index contributed by atoms with van der Waals surface area (Å²) in [5.41, 5.74) is 2.31. The molecular weight excluding hydrogens is 198 g/mol. The van der Waals surface area contributed by atoms with E-state index in [1.54, 1.807) is 0 Å². The second-order valence-corrected chi connectivity index (χ2v) is 4.67. The van der Waals surface area contributed by atoms with Crippen LogP contribution in [0.3, 0.4) is 0 Å². The van der Waals surface area contributed by atoms with Crippen LogP contribution in [0.25, 0.3) is 0 Å². The number of aliphatic hydroxyl groups excluding tert-OH is 1. The number of anilines is 1. The zero-order chi connectivity index (χ0) is 11.5. The van der Waals surface area contributed by atoms with E-state index in [4.69, 9.17) is 0 Å². The van der Waals surface area contributed by atoms with Gasteiger partial charge in [0.15, 0.2) is 0 Å². The van der Waals surface area contributed by atoms with Gasteiger partial charge < -0.3 is 10.0 Å². The Hall–Kier alpha value is -1.02. The van der Waals surface area contributed by atoms with E-state index in [0.717, 1.165) is 18.5 Å². The van der Waals surface area contributed by atoms with Crippen LogP contribution >= 0.6 is 0 Å². The van der Waals surface area contributed by atoms with E-state index < -0.39 is 0 Å². The second-order valence-electron chi connectivity index (χ2n) is 4.67. The Balaban J connectivity index is 2.32. The van der Waals surface area contributed by atoms with Crippen LogP contribution in [0.4, 0.5) is 5.69 Å². The molecule has 0 amide bonds. The average Bonchev–Trinajstić information content (AvgIpc) is 2.74. The van der Waals surface area contributed by atoms with Crippen molar-refractivity contribution in [2.45, 2.75) is 45.3 Å². The number of hydrogen-bond acceptors (Lipinski definition) is 2. The molecule has 1 aliphatic rings. The molecule has 1 unspecified atom stereocenters. The topological polar surface area (TPSA) is 23.5 Å². The molecule has 88 valence electrons. The summed E-state index contributed by atoms with van der Waals surface area (Å²) in [5, 5.41) is 10.0. The maximum Gasteiger partial charge on any atom is 0.0807 e. The highest BCUT2D eigenvalue weighted by Gasteiger charge is 2.23. The lowest BCUT2D eigenvalue weighted by Gasteiger charge is -2.27. The summed E-state index contributed by atoms with van der Waals surface area (Å²) < 4.78 is 0. The van der Waals surface area contributed by atoms with Crippen LogP contribution in [-0.2, 0) is 0 Å². The molecule has 1 aliphatic heterocycles. The summed E-state index contributed by atoms with van der Waals surface area (Å²) >= 11 is 0. The molecule has 1 aromatic rings. The molecule has 2 atom stereocenters. The van der Waals surface area contributed by atoms with Crippen LogP contribution in [0.2, 0.25) is 0 Å². The summed E-state index contributed by atoms with van der Waals surface area (Å²) in [6.07, 6.45) is 2.97. The second kappa shape index (κ2) is 4.88. The molecule has 2 rings (SSSR count). The zero-order valence-electron chi connectivity index (χ0n) is 10.2. The lowest BCUT2D eigenvalue weighted by molar-refractivity contribution is 0.174. The molecule has 16 heavy (non-hydrogen) atoms. The van der Waals surface area contributed by atoms with E-state index in [1.165, 1.54) is 18.5 Å². The van der Waals surface area contributed by atoms with Crippen molar-refractivity contribution >= 4 is 5.69 Å². The number of rotatable bonds is 3. The third-order valence-electron chi connectivity index (χ3n) is 3.54. The predicted octanol–water partition coefficient (Wildman–Crippen LogP) is 3.12. The van der Waals surface area contributed by atoms with Crippen molar-refractivity contribution < 1.29 is 5.11 Å². The maximum atomic E-state index is 10.0. The van der Waals surface area contributed by atoms with E-state index in [9.17, 15) is 5.11 Å². The number of hydrogen-bond donors (Lipinski definition) is 1. The number of nitrogens with zero attached hydrogens (tertiary/aromatic N) is 1. The first-order valence-electron chi connectivity index (χ1n) is 6.27. The van der Waals surface area contributed by atoms with Gasteiger partial charge in [-0.3, -0.25) is 0 Å². The van der Waals surface area contributed by atoms with Gasteiger partial charge in [-0.25, -0.2) is 0 Å². The van der Waals surface area contributed by atoms with Crippen LogP contribution in [-0.4, -0.2) is 17.7 Å². The minimum atomic E-state index is -0.330. The Labute approximate surface area is 97.9 Å². The van der Waals surface area contributed by atoms with Crippen LogP contribution in [0, 0.1) is 0 Å². The van der Waals surface area contributed by atoms with Gasteiger partial charge in [-0.2, -0.15) is 0 Å². The minimum Gasteiger partial charge on any atom is -0.388 e. The maximum absolute atomic E-state index is 10.0. The average molecular weight is 219 g/mol. The van der Waals surface area contributed by atoms with Crippen molar-refractivity contribution in [3.8, 4) is 0 Å². The monoisotopic (exact) mass is 219 g/mol.